The molecule has 0 aliphatic rings. The van der Waals surface area contributed by atoms with Gasteiger partial charge in [0, 0.05) is 24.3 Å². The van der Waals surface area contributed by atoms with Crippen molar-refractivity contribution in [1.29, 1.82) is 0 Å². The highest BCUT2D eigenvalue weighted by Gasteiger charge is 2.03. The molecule has 1 heterocycles. The second-order valence-electron chi connectivity index (χ2n) is 4.85. The van der Waals surface area contributed by atoms with Gasteiger partial charge in [0.15, 0.2) is 0 Å². The molecular formula is C17H15ClN2. The van der Waals surface area contributed by atoms with E-state index in [1.54, 1.807) is 0 Å². The lowest BCUT2D eigenvalue weighted by Gasteiger charge is -2.11. The summed E-state index contributed by atoms with van der Waals surface area (Å²) in [5.74, 6) is 0. The molecule has 0 spiro atoms. The number of hydrogen-bond donors (Lipinski definition) is 1. The molecule has 0 saturated carbocycles. The summed E-state index contributed by atoms with van der Waals surface area (Å²) in [5.41, 5.74) is 3.36. The summed E-state index contributed by atoms with van der Waals surface area (Å²) in [6.07, 6.45) is 3.71. The quantitative estimate of drug-likeness (QED) is 0.746. The molecule has 3 rings (SSSR count). The first kappa shape index (κ1) is 12.9. The summed E-state index contributed by atoms with van der Waals surface area (Å²) >= 11 is 6.24. The molecule has 1 N–H and O–H groups in total. The van der Waals surface area contributed by atoms with Gasteiger partial charge in [-0.2, -0.15) is 0 Å². The first-order valence-electron chi connectivity index (χ1n) is 6.56. The molecule has 0 bridgehead atoms. The van der Waals surface area contributed by atoms with E-state index in [9.17, 15) is 0 Å². The van der Waals surface area contributed by atoms with Gasteiger partial charge >= 0.3 is 0 Å². The number of pyridine rings is 1. The van der Waals surface area contributed by atoms with Gasteiger partial charge in [-0.15, -0.1) is 0 Å². The van der Waals surface area contributed by atoms with Crippen molar-refractivity contribution < 1.29 is 0 Å². The highest BCUT2D eigenvalue weighted by Crippen LogP contribution is 2.24. The zero-order valence-electron chi connectivity index (χ0n) is 11.2. The Bertz CT molecular complexity index is 748. The zero-order chi connectivity index (χ0) is 13.9. The van der Waals surface area contributed by atoms with Gasteiger partial charge in [-0.3, -0.25) is 4.98 Å². The van der Waals surface area contributed by atoms with Gasteiger partial charge < -0.3 is 5.32 Å². The van der Waals surface area contributed by atoms with Crippen molar-refractivity contribution in [2.45, 2.75) is 13.5 Å². The fourth-order valence-electron chi connectivity index (χ4n) is 2.30. The fourth-order valence-corrected chi connectivity index (χ4v) is 2.60. The molecule has 1 aromatic heterocycles. The highest BCUT2D eigenvalue weighted by molar-refractivity contribution is 6.33. The molecule has 2 aromatic carbocycles. The van der Waals surface area contributed by atoms with Gasteiger partial charge in [0.05, 0.1) is 10.7 Å². The molecule has 100 valence electrons. The number of aromatic nitrogens is 1. The van der Waals surface area contributed by atoms with E-state index in [2.05, 4.69) is 34.6 Å². The molecule has 0 aliphatic carbocycles. The van der Waals surface area contributed by atoms with E-state index in [1.165, 1.54) is 10.9 Å². The largest absolute Gasteiger partial charge is 0.380 e. The van der Waals surface area contributed by atoms with E-state index in [-0.39, 0.29) is 0 Å². The maximum atomic E-state index is 6.24. The summed E-state index contributed by atoms with van der Waals surface area (Å²) in [6.45, 7) is 2.78. The minimum absolute atomic E-state index is 0.740. The van der Waals surface area contributed by atoms with Crippen LogP contribution >= 0.6 is 11.6 Å². The Kier molecular flexibility index (Phi) is 3.57. The van der Waals surface area contributed by atoms with Crippen LogP contribution in [-0.4, -0.2) is 4.98 Å². The molecule has 0 aliphatic heterocycles. The minimum atomic E-state index is 0.740. The van der Waals surface area contributed by atoms with Crippen molar-refractivity contribution in [3.63, 3.8) is 0 Å². The monoisotopic (exact) mass is 282 g/mol. The van der Waals surface area contributed by atoms with Crippen LogP contribution < -0.4 is 5.32 Å². The van der Waals surface area contributed by atoms with Gasteiger partial charge in [-0.05, 0) is 41.6 Å². The number of halogens is 1. The topological polar surface area (TPSA) is 24.9 Å². The number of benzene rings is 2. The van der Waals surface area contributed by atoms with Crippen LogP contribution in [0.4, 0.5) is 5.69 Å². The smallest absolute Gasteiger partial charge is 0.0640 e. The lowest BCUT2D eigenvalue weighted by molar-refractivity contribution is 1.16. The Labute approximate surface area is 123 Å². The van der Waals surface area contributed by atoms with E-state index in [1.807, 2.05) is 37.5 Å². The summed E-state index contributed by atoms with van der Waals surface area (Å²) in [7, 11) is 0. The Hall–Kier alpha value is -2.06. The zero-order valence-corrected chi connectivity index (χ0v) is 12.0. The standard InChI is InChI=1S/C17H15ClN2/c1-12-5-6-17(16(18)9-12)20-11-14-4-2-3-13-10-19-8-7-15(13)14/h2-10,20H,11H2,1H3. The number of aryl methyl sites for hydroxylation is 1. The van der Waals surface area contributed by atoms with E-state index in [0.29, 0.717) is 0 Å². The van der Waals surface area contributed by atoms with Crippen LogP contribution in [0.1, 0.15) is 11.1 Å². The molecule has 0 unspecified atom stereocenters. The Morgan fingerprint density at radius 1 is 1.15 bits per heavy atom. The molecule has 2 nitrogen and oxygen atoms in total. The van der Waals surface area contributed by atoms with E-state index >= 15 is 0 Å². The molecular weight excluding hydrogens is 268 g/mol. The Balaban J connectivity index is 1.87. The van der Waals surface area contributed by atoms with E-state index in [0.717, 1.165) is 28.2 Å². The SMILES string of the molecule is Cc1ccc(NCc2cccc3cnccc23)c(Cl)c1. The van der Waals surface area contributed by atoms with Crippen molar-refractivity contribution >= 4 is 28.1 Å². The number of hydrogen-bond acceptors (Lipinski definition) is 2. The van der Waals surface area contributed by atoms with Crippen LogP contribution in [0, 0.1) is 6.92 Å². The number of nitrogens with zero attached hydrogens (tertiary/aromatic N) is 1. The molecule has 20 heavy (non-hydrogen) atoms. The van der Waals surface area contributed by atoms with Crippen LogP contribution in [0.3, 0.4) is 0 Å². The predicted molar refractivity (Wildman–Crippen MR) is 85.3 cm³/mol. The molecule has 0 fully saturated rings. The highest BCUT2D eigenvalue weighted by atomic mass is 35.5. The third-order valence-electron chi connectivity index (χ3n) is 3.36. The van der Waals surface area contributed by atoms with Crippen LogP contribution in [0.25, 0.3) is 10.8 Å². The normalized spacial score (nSPS) is 10.7. The summed E-state index contributed by atoms with van der Waals surface area (Å²) in [5, 5.41) is 6.53. The predicted octanol–water partition coefficient (Wildman–Crippen LogP) is 4.81. The first-order chi connectivity index (χ1) is 9.74. The Morgan fingerprint density at radius 3 is 2.90 bits per heavy atom. The summed E-state index contributed by atoms with van der Waals surface area (Å²) < 4.78 is 0. The Morgan fingerprint density at radius 2 is 2.05 bits per heavy atom. The molecule has 0 radical (unpaired) electrons. The molecule has 3 aromatic rings. The van der Waals surface area contributed by atoms with Crippen LogP contribution in [-0.2, 0) is 6.54 Å². The van der Waals surface area contributed by atoms with E-state index in [4.69, 9.17) is 11.6 Å². The van der Waals surface area contributed by atoms with E-state index < -0.39 is 0 Å². The van der Waals surface area contributed by atoms with Crippen LogP contribution in [0.5, 0.6) is 0 Å². The third kappa shape index (κ3) is 2.61. The lowest BCUT2D eigenvalue weighted by Crippen LogP contribution is -2.00. The molecule has 0 atom stereocenters. The number of fused-ring (bicyclic) bond motifs is 1. The second kappa shape index (κ2) is 5.51. The van der Waals surface area contributed by atoms with Crippen molar-refractivity contribution in [3.05, 3.63) is 71.0 Å². The van der Waals surface area contributed by atoms with Gasteiger partial charge in [0.2, 0.25) is 0 Å². The average molecular weight is 283 g/mol. The van der Waals surface area contributed by atoms with Gasteiger partial charge in [-0.1, -0.05) is 35.9 Å². The molecule has 3 heteroatoms. The van der Waals surface area contributed by atoms with Crippen LogP contribution in [0.15, 0.2) is 54.9 Å². The maximum Gasteiger partial charge on any atom is 0.0640 e. The van der Waals surface area contributed by atoms with Crippen molar-refractivity contribution in [1.82, 2.24) is 4.98 Å². The minimum Gasteiger partial charge on any atom is -0.380 e. The number of nitrogens with one attached hydrogen (secondary N) is 1. The molecule has 0 amide bonds. The van der Waals surface area contributed by atoms with Crippen molar-refractivity contribution in [2.75, 3.05) is 5.32 Å². The second-order valence-corrected chi connectivity index (χ2v) is 5.26. The maximum absolute atomic E-state index is 6.24. The van der Waals surface area contributed by atoms with Gasteiger partial charge in [0.25, 0.3) is 0 Å². The number of rotatable bonds is 3. The number of anilines is 1. The summed E-state index contributed by atoms with van der Waals surface area (Å²) in [4.78, 5) is 4.15. The molecule has 0 saturated heterocycles. The van der Waals surface area contributed by atoms with Gasteiger partial charge in [-0.25, -0.2) is 0 Å². The van der Waals surface area contributed by atoms with Crippen molar-refractivity contribution in [3.8, 4) is 0 Å². The van der Waals surface area contributed by atoms with Crippen molar-refractivity contribution in [2.24, 2.45) is 0 Å². The lowest BCUT2D eigenvalue weighted by atomic mass is 10.1. The first-order valence-corrected chi connectivity index (χ1v) is 6.93. The van der Waals surface area contributed by atoms with Crippen LogP contribution in [0.2, 0.25) is 5.02 Å². The average Bonchev–Trinajstić information content (AvgIpc) is 2.46. The fraction of sp³-hybridized carbons (Fsp3) is 0.118. The van der Waals surface area contributed by atoms with Gasteiger partial charge in [0.1, 0.15) is 0 Å². The third-order valence-corrected chi connectivity index (χ3v) is 3.68. The summed E-state index contributed by atoms with van der Waals surface area (Å²) in [6, 6.07) is 14.3.